The molecule has 1 aliphatic rings. The van der Waals surface area contributed by atoms with Crippen LogP contribution in [0.1, 0.15) is 36.7 Å². The summed E-state index contributed by atoms with van der Waals surface area (Å²) in [4.78, 5) is 13.1. The number of carboxylic acids is 1. The lowest BCUT2D eigenvalue weighted by Gasteiger charge is -2.15. The molecule has 0 spiro atoms. The van der Waals surface area contributed by atoms with Crippen LogP contribution >= 0.6 is 0 Å². The zero-order valence-electron chi connectivity index (χ0n) is 10.7. The quantitative estimate of drug-likeness (QED) is 0.820. The van der Waals surface area contributed by atoms with Crippen LogP contribution in [-0.2, 0) is 6.54 Å². The molecule has 0 amide bonds. The number of carbonyl (C=O) groups is 1. The number of rotatable bonds is 6. The Hall–Kier alpha value is -1.43. The van der Waals surface area contributed by atoms with Gasteiger partial charge in [0, 0.05) is 13.1 Å². The van der Waals surface area contributed by atoms with E-state index < -0.39 is 5.97 Å². The Balaban J connectivity index is 1.76. The van der Waals surface area contributed by atoms with Crippen molar-refractivity contribution in [3.8, 4) is 0 Å². The SMILES string of the molecule is CCCC1CCN(CCn2cc(C(=O)O)nn2)C1. The minimum Gasteiger partial charge on any atom is -0.476 e. The number of nitrogens with zero attached hydrogens (tertiary/aromatic N) is 4. The van der Waals surface area contributed by atoms with Crippen LogP contribution in [-0.4, -0.2) is 50.6 Å². The first-order chi connectivity index (χ1) is 8.69. The van der Waals surface area contributed by atoms with E-state index in [2.05, 4.69) is 22.1 Å². The molecule has 1 aromatic heterocycles. The van der Waals surface area contributed by atoms with Gasteiger partial charge in [-0.2, -0.15) is 0 Å². The molecular formula is C12H20N4O2. The number of hydrogen-bond donors (Lipinski definition) is 1. The van der Waals surface area contributed by atoms with Crippen molar-refractivity contribution in [2.45, 2.75) is 32.7 Å². The average molecular weight is 252 g/mol. The van der Waals surface area contributed by atoms with Gasteiger partial charge in [-0.1, -0.05) is 18.6 Å². The zero-order valence-corrected chi connectivity index (χ0v) is 10.7. The van der Waals surface area contributed by atoms with Crippen LogP contribution in [0.25, 0.3) is 0 Å². The molecule has 6 nitrogen and oxygen atoms in total. The highest BCUT2D eigenvalue weighted by atomic mass is 16.4. The Morgan fingerprint density at radius 2 is 2.39 bits per heavy atom. The van der Waals surface area contributed by atoms with E-state index in [1.54, 1.807) is 4.68 Å². The fraction of sp³-hybridized carbons (Fsp3) is 0.750. The van der Waals surface area contributed by atoms with Gasteiger partial charge in [-0.3, -0.25) is 4.68 Å². The largest absolute Gasteiger partial charge is 0.476 e. The summed E-state index contributed by atoms with van der Waals surface area (Å²) in [6, 6.07) is 0. The van der Waals surface area contributed by atoms with Crippen molar-refractivity contribution in [3.63, 3.8) is 0 Å². The molecule has 2 heterocycles. The summed E-state index contributed by atoms with van der Waals surface area (Å²) in [5.41, 5.74) is 0.0141. The van der Waals surface area contributed by atoms with Crippen LogP contribution in [0.3, 0.4) is 0 Å². The van der Waals surface area contributed by atoms with Crippen LogP contribution < -0.4 is 0 Å². The van der Waals surface area contributed by atoms with Crippen molar-refractivity contribution in [3.05, 3.63) is 11.9 Å². The lowest BCUT2D eigenvalue weighted by atomic mass is 10.0. The summed E-state index contributed by atoms with van der Waals surface area (Å²) in [7, 11) is 0. The van der Waals surface area contributed by atoms with Gasteiger partial charge in [-0.25, -0.2) is 4.79 Å². The molecule has 1 unspecified atom stereocenters. The third-order valence-electron chi connectivity index (χ3n) is 3.47. The smallest absolute Gasteiger partial charge is 0.358 e. The molecule has 0 aliphatic carbocycles. The molecule has 0 saturated carbocycles. The van der Waals surface area contributed by atoms with Gasteiger partial charge in [0.2, 0.25) is 0 Å². The molecule has 1 fully saturated rings. The molecule has 100 valence electrons. The summed E-state index contributed by atoms with van der Waals surface area (Å²) >= 11 is 0. The lowest BCUT2D eigenvalue weighted by molar-refractivity contribution is 0.0690. The first-order valence-corrected chi connectivity index (χ1v) is 6.54. The van der Waals surface area contributed by atoms with E-state index in [0.717, 1.165) is 25.6 Å². The Kier molecular flexibility index (Phi) is 4.30. The van der Waals surface area contributed by atoms with Crippen LogP contribution in [0, 0.1) is 5.92 Å². The molecule has 1 saturated heterocycles. The highest BCUT2D eigenvalue weighted by molar-refractivity contribution is 5.84. The molecule has 6 heteroatoms. The van der Waals surface area contributed by atoms with Crippen molar-refractivity contribution in [1.29, 1.82) is 0 Å². The zero-order chi connectivity index (χ0) is 13.0. The van der Waals surface area contributed by atoms with Crippen LogP contribution in [0.4, 0.5) is 0 Å². The van der Waals surface area contributed by atoms with E-state index >= 15 is 0 Å². The fourth-order valence-corrected chi connectivity index (χ4v) is 2.51. The third-order valence-corrected chi connectivity index (χ3v) is 3.47. The van der Waals surface area contributed by atoms with Crippen molar-refractivity contribution < 1.29 is 9.90 Å². The molecular weight excluding hydrogens is 232 g/mol. The summed E-state index contributed by atoms with van der Waals surface area (Å²) in [6.45, 7) is 6.16. The first kappa shape index (κ1) is 13.0. The minimum absolute atomic E-state index is 0.0141. The highest BCUT2D eigenvalue weighted by Crippen LogP contribution is 2.20. The van der Waals surface area contributed by atoms with Gasteiger partial charge in [-0.15, -0.1) is 5.10 Å². The van der Waals surface area contributed by atoms with Gasteiger partial charge in [0.05, 0.1) is 12.7 Å². The maximum atomic E-state index is 10.7. The maximum Gasteiger partial charge on any atom is 0.358 e. The van der Waals surface area contributed by atoms with Crippen molar-refractivity contribution >= 4 is 5.97 Å². The Morgan fingerprint density at radius 3 is 3.06 bits per heavy atom. The molecule has 1 aromatic rings. The summed E-state index contributed by atoms with van der Waals surface area (Å²) in [5.74, 6) is -0.189. The molecule has 0 radical (unpaired) electrons. The second-order valence-electron chi connectivity index (χ2n) is 4.92. The highest BCUT2D eigenvalue weighted by Gasteiger charge is 2.21. The predicted molar refractivity (Wildman–Crippen MR) is 66.4 cm³/mol. The van der Waals surface area contributed by atoms with Crippen LogP contribution in [0.15, 0.2) is 6.20 Å². The Morgan fingerprint density at radius 1 is 1.56 bits per heavy atom. The molecule has 0 aromatic carbocycles. The van der Waals surface area contributed by atoms with Gasteiger partial charge in [0.25, 0.3) is 0 Å². The van der Waals surface area contributed by atoms with E-state index in [0.29, 0.717) is 6.54 Å². The summed E-state index contributed by atoms with van der Waals surface area (Å²) in [6.07, 6.45) is 5.33. The Bertz CT molecular complexity index is 405. The summed E-state index contributed by atoms with van der Waals surface area (Å²) < 4.78 is 1.61. The molecule has 0 bridgehead atoms. The normalized spacial score (nSPS) is 20.4. The van der Waals surface area contributed by atoms with E-state index in [1.165, 1.54) is 25.5 Å². The lowest BCUT2D eigenvalue weighted by Crippen LogP contribution is -2.25. The minimum atomic E-state index is -1.02. The third kappa shape index (κ3) is 3.29. The number of carboxylic acid groups (broad SMARTS) is 1. The van der Waals surface area contributed by atoms with E-state index in [1.807, 2.05) is 0 Å². The van der Waals surface area contributed by atoms with E-state index in [4.69, 9.17) is 5.11 Å². The Labute approximate surface area is 107 Å². The van der Waals surface area contributed by atoms with Gasteiger partial charge in [0.1, 0.15) is 0 Å². The molecule has 2 rings (SSSR count). The topological polar surface area (TPSA) is 71.2 Å². The van der Waals surface area contributed by atoms with Crippen molar-refractivity contribution in [1.82, 2.24) is 19.9 Å². The summed E-state index contributed by atoms with van der Waals surface area (Å²) in [5, 5.41) is 16.2. The second kappa shape index (κ2) is 5.95. The van der Waals surface area contributed by atoms with Crippen molar-refractivity contribution in [2.24, 2.45) is 5.92 Å². The molecule has 1 aliphatic heterocycles. The van der Waals surface area contributed by atoms with Gasteiger partial charge >= 0.3 is 5.97 Å². The van der Waals surface area contributed by atoms with E-state index in [9.17, 15) is 4.79 Å². The maximum absolute atomic E-state index is 10.7. The van der Waals surface area contributed by atoms with Gasteiger partial charge in [-0.05, 0) is 25.3 Å². The number of hydrogen-bond acceptors (Lipinski definition) is 4. The van der Waals surface area contributed by atoms with E-state index in [-0.39, 0.29) is 5.69 Å². The second-order valence-corrected chi connectivity index (χ2v) is 4.92. The average Bonchev–Trinajstić information content (AvgIpc) is 2.95. The molecule has 1 atom stereocenters. The number of aromatic carboxylic acids is 1. The van der Waals surface area contributed by atoms with Gasteiger partial charge in [0.15, 0.2) is 5.69 Å². The first-order valence-electron chi connectivity index (χ1n) is 6.54. The van der Waals surface area contributed by atoms with Crippen molar-refractivity contribution in [2.75, 3.05) is 19.6 Å². The molecule has 1 N–H and O–H groups in total. The predicted octanol–water partition coefficient (Wildman–Crippen LogP) is 1.10. The molecule has 18 heavy (non-hydrogen) atoms. The van der Waals surface area contributed by atoms with Crippen LogP contribution in [0.5, 0.6) is 0 Å². The number of aromatic nitrogens is 3. The van der Waals surface area contributed by atoms with Gasteiger partial charge < -0.3 is 10.0 Å². The number of likely N-dealkylation sites (tertiary alicyclic amines) is 1. The fourth-order valence-electron chi connectivity index (χ4n) is 2.51. The van der Waals surface area contributed by atoms with Crippen LogP contribution in [0.2, 0.25) is 0 Å². The monoisotopic (exact) mass is 252 g/mol. The standard InChI is InChI=1S/C12H20N4O2/c1-2-3-10-4-5-15(8-10)6-7-16-9-11(12(17)18)13-14-16/h9-10H,2-8H2,1H3,(H,17,18).